The van der Waals surface area contributed by atoms with E-state index in [0.717, 1.165) is 23.4 Å². The van der Waals surface area contributed by atoms with Crippen LogP contribution in [0.15, 0.2) is 18.2 Å². The van der Waals surface area contributed by atoms with E-state index >= 15 is 0 Å². The van der Waals surface area contributed by atoms with E-state index in [2.05, 4.69) is 26.1 Å². The van der Waals surface area contributed by atoms with Crippen molar-refractivity contribution >= 4 is 11.6 Å². The minimum absolute atomic E-state index is 0.0555. The monoisotopic (exact) mass is 233 g/mol. The summed E-state index contributed by atoms with van der Waals surface area (Å²) in [5.41, 5.74) is 2.11. The molecule has 0 radical (unpaired) electrons. The van der Waals surface area contributed by atoms with Crippen LogP contribution in [0.3, 0.4) is 0 Å². The summed E-state index contributed by atoms with van der Waals surface area (Å²) >= 11 is 0. The predicted molar refractivity (Wildman–Crippen MR) is 68.4 cm³/mol. The fourth-order valence-electron chi connectivity index (χ4n) is 2.25. The number of hydrogen-bond donors (Lipinski definition) is 1. The van der Waals surface area contributed by atoms with E-state index in [1.807, 2.05) is 18.2 Å². The first kappa shape index (κ1) is 12.0. The van der Waals surface area contributed by atoms with Crippen molar-refractivity contribution in [2.75, 3.05) is 12.4 Å². The second kappa shape index (κ2) is 4.06. The van der Waals surface area contributed by atoms with Gasteiger partial charge in [-0.05, 0) is 35.6 Å². The Bertz CT molecular complexity index is 446. The van der Waals surface area contributed by atoms with Gasteiger partial charge < -0.3 is 10.1 Å². The summed E-state index contributed by atoms with van der Waals surface area (Å²) in [6.07, 6.45) is 0.846. The van der Waals surface area contributed by atoms with E-state index in [0.29, 0.717) is 0 Å². The van der Waals surface area contributed by atoms with Crippen LogP contribution in [0, 0.1) is 5.41 Å². The van der Waals surface area contributed by atoms with Crippen molar-refractivity contribution < 1.29 is 9.53 Å². The van der Waals surface area contributed by atoms with Gasteiger partial charge in [0.15, 0.2) is 0 Å². The Labute approximate surface area is 102 Å². The summed E-state index contributed by atoms with van der Waals surface area (Å²) in [7, 11) is 1.64. The molecule has 3 heteroatoms. The third-order valence-electron chi connectivity index (χ3n) is 3.03. The van der Waals surface area contributed by atoms with Crippen molar-refractivity contribution in [1.29, 1.82) is 0 Å². The lowest BCUT2D eigenvalue weighted by Gasteiger charge is -2.21. The number of benzene rings is 1. The molecule has 0 aliphatic carbocycles. The Hall–Kier alpha value is -1.51. The summed E-state index contributed by atoms with van der Waals surface area (Å²) in [6, 6.07) is 5.75. The molecular formula is C14H19NO2. The zero-order valence-corrected chi connectivity index (χ0v) is 10.8. The SMILES string of the molecule is COc1ccc2c(c1)C(CC(C)(C)C)C(=O)N2. The van der Waals surface area contributed by atoms with Gasteiger partial charge in [-0.3, -0.25) is 4.79 Å². The lowest BCUT2D eigenvalue weighted by molar-refractivity contribution is -0.117. The van der Waals surface area contributed by atoms with Gasteiger partial charge in [-0.15, -0.1) is 0 Å². The Morgan fingerprint density at radius 1 is 1.35 bits per heavy atom. The van der Waals surface area contributed by atoms with Crippen LogP contribution >= 0.6 is 0 Å². The van der Waals surface area contributed by atoms with Crippen LogP contribution in [-0.2, 0) is 4.79 Å². The molecule has 1 aromatic carbocycles. The van der Waals surface area contributed by atoms with Gasteiger partial charge in [0.1, 0.15) is 5.75 Å². The van der Waals surface area contributed by atoms with E-state index in [9.17, 15) is 4.79 Å². The Kier molecular flexibility index (Phi) is 2.86. The zero-order chi connectivity index (χ0) is 12.6. The average molecular weight is 233 g/mol. The van der Waals surface area contributed by atoms with Crippen molar-refractivity contribution in [3.8, 4) is 5.75 Å². The number of anilines is 1. The molecule has 1 heterocycles. The lowest BCUT2D eigenvalue weighted by atomic mass is 9.82. The highest BCUT2D eigenvalue weighted by Gasteiger charge is 2.33. The number of ether oxygens (including phenoxy) is 1. The molecule has 92 valence electrons. The minimum atomic E-state index is -0.0555. The summed E-state index contributed by atoms with van der Waals surface area (Å²) in [5.74, 6) is 0.849. The van der Waals surface area contributed by atoms with Crippen molar-refractivity contribution in [3.63, 3.8) is 0 Å². The molecule has 1 atom stereocenters. The van der Waals surface area contributed by atoms with Crippen LogP contribution < -0.4 is 10.1 Å². The van der Waals surface area contributed by atoms with Gasteiger partial charge in [0, 0.05) is 5.69 Å². The molecule has 1 aliphatic rings. The standard InChI is InChI=1S/C14H19NO2/c1-14(2,3)8-11-10-7-9(17-4)5-6-12(10)15-13(11)16/h5-7,11H,8H2,1-4H3,(H,15,16). The molecule has 0 saturated carbocycles. The normalized spacial score (nSPS) is 18.8. The van der Waals surface area contributed by atoms with Gasteiger partial charge in [-0.1, -0.05) is 20.8 Å². The zero-order valence-electron chi connectivity index (χ0n) is 10.8. The van der Waals surface area contributed by atoms with Gasteiger partial charge in [-0.25, -0.2) is 0 Å². The summed E-state index contributed by atoms with van der Waals surface area (Å²) in [6.45, 7) is 6.45. The Morgan fingerprint density at radius 3 is 2.65 bits per heavy atom. The number of carbonyl (C=O) groups is 1. The number of methoxy groups -OCH3 is 1. The molecule has 0 bridgehead atoms. The van der Waals surface area contributed by atoms with Crippen molar-refractivity contribution in [2.45, 2.75) is 33.1 Å². The molecule has 1 aliphatic heterocycles. The maximum absolute atomic E-state index is 12.0. The summed E-state index contributed by atoms with van der Waals surface area (Å²) < 4.78 is 5.21. The van der Waals surface area contributed by atoms with Gasteiger partial charge >= 0.3 is 0 Å². The first-order valence-electron chi connectivity index (χ1n) is 5.89. The molecule has 1 N–H and O–H groups in total. The second-order valence-corrected chi connectivity index (χ2v) is 5.76. The summed E-state index contributed by atoms with van der Waals surface area (Å²) in [5, 5.41) is 2.93. The molecule has 0 spiro atoms. The van der Waals surface area contributed by atoms with Crippen LogP contribution in [0.25, 0.3) is 0 Å². The number of fused-ring (bicyclic) bond motifs is 1. The van der Waals surface area contributed by atoms with Crippen LogP contribution in [0.5, 0.6) is 5.75 Å². The molecule has 1 unspecified atom stereocenters. The highest BCUT2D eigenvalue weighted by atomic mass is 16.5. The average Bonchev–Trinajstić information content (AvgIpc) is 2.53. The molecule has 1 aromatic rings. The maximum Gasteiger partial charge on any atom is 0.232 e. The molecular weight excluding hydrogens is 214 g/mol. The minimum Gasteiger partial charge on any atom is -0.497 e. The third kappa shape index (κ3) is 2.43. The summed E-state index contributed by atoms with van der Waals surface area (Å²) in [4.78, 5) is 12.0. The van der Waals surface area contributed by atoms with E-state index < -0.39 is 0 Å². The van der Waals surface area contributed by atoms with Crippen LogP contribution in [-0.4, -0.2) is 13.0 Å². The third-order valence-corrected chi connectivity index (χ3v) is 3.03. The van der Waals surface area contributed by atoms with Gasteiger partial charge in [0.25, 0.3) is 0 Å². The molecule has 1 amide bonds. The van der Waals surface area contributed by atoms with Gasteiger partial charge in [0.2, 0.25) is 5.91 Å². The number of amides is 1. The smallest absolute Gasteiger partial charge is 0.232 e. The predicted octanol–water partition coefficient (Wildman–Crippen LogP) is 3.17. The number of carbonyl (C=O) groups excluding carboxylic acids is 1. The lowest BCUT2D eigenvalue weighted by Crippen LogP contribution is -2.18. The Morgan fingerprint density at radius 2 is 2.06 bits per heavy atom. The maximum atomic E-state index is 12.0. The fourth-order valence-corrected chi connectivity index (χ4v) is 2.25. The highest BCUT2D eigenvalue weighted by Crippen LogP contribution is 2.41. The molecule has 0 aromatic heterocycles. The first-order chi connectivity index (χ1) is 7.90. The molecule has 0 fully saturated rings. The quantitative estimate of drug-likeness (QED) is 0.852. The fraction of sp³-hybridized carbons (Fsp3) is 0.500. The van der Waals surface area contributed by atoms with E-state index in [1.165, 1.54) is 0 Å². The van der Waals surface area contributed by atoms with Crippen molar-refractivity contribution in [2.24, 2.45) is 5.41 Å². The molecule has 2 rings (SSSR count). The first-order valence-corrected chi connectivity index (χ1v) is 5.89. The second-order valence-electron chi connectivity index (χ2n) is 5.76. The Balaban J connectivity index is 2.34. The van der Waals surface area contributed by atoms with Crippen molar-refractivity contribution in [3.05, 3.63) is 23.8 Å². The number of hydrogen-bond acceptors (Lipinski definition) is 2. The topological polar surface area (TPSA) is 38.3 Å². The number of nitrogens with one attached hydrogen (secondary N) is 1. The molecule has 3 nitrogen and oxygen atoms in total. The van der Waals surface area contributed by atoms with Crippen molar-refractivity contribution in [1.82, 2.24) is 0 Å². The largest absolute Gasteiger partial charge is 0.497 e. The van der Waals surface area contributed by atoms with Crippen LogP contribution in [0.4, 0.5) is 5.69 Å². The van der Waals surface area contributed by atoms with Crippen LogP contribution in [0.2, 0.25) is 0 Å². The number of rotatable bonds is 2. The van der Waals surface area contributed by atoms with Gasteiger partial charge in [-0.2, -0.15) is 0 Å². The van der Waals surface area contributed by atoms with Crippen LogP contribution in [0.1, 0.15) is 38.7 Å². The molecule has 17 heavy (non-hydrogen) atoms. The van der Waals surface area contributed by atoms with E-state index in [4.69, 9.17) is 4.74 Å². The van der Waals surface area contributed by atoms with Gasteiger partial charge in [0.05, 0.1) is 13.0 Å². The van der Waals surface area contributed by atoms with E-state index in [-0.39, 0.29) is 17.2 Å². The molecule has 0 saturated heterocycles. The highest BCUT2D eigenvalue weighted by molar-refractivity contribution is 6.03. The van der Waals surface area contributed by atoms with E-state index in [1.54, 1.807) is 7.11 Å².